The van der Waals surface area contributed by atoms with Crippen molar-refractivity contribution in [3.8, 4) is 5.75 Å². The third-order valence-electron chi connectivity index (χ3n) is 3.90. The molecule has 0 atom stereocenters. The fourth-order valence-corrected chi connectivity index (χ4v) is 4.17. The van der Waals surface area contributed by atoms with Crippen molar-refractivity contribution in [1.29, 1.82) is 0 Å². The molecule has 0 unspecified atom stereocenters. The van der Waals surface area contributed by atoms with E-state index in [1.165, 1.54) is 0 Å². The van der Waals surface area contributed by atoms with Crippen molar-refractivity contribution < 1.29 is 9.53 Å². The van der Waals surface area contributed by atoms with Crippen LogP contribution in [0, 0.1) is 0 Å². The summed E-state index contributed by atoms with van der Waals surface area (Å²) in [6, 6.07) is 18.5. The van der Waals surface area contributed by atoms with E-state index in [0.29, 0.717) is 23.6 Å². The van der Waals surface area contributed by atoms with Crippen LogP contribution in [-0.4, -0.2) is 12.1 Å². The van der Waals surface area contributed by atoms with E-state index in [0.717, 1.165) is 24.5 Å². The molecule has 5 nitrogen and oxygen atoms in total. The molecule has 0 aliphatic carbocycles. The molecule has 3 rings (SSSR count). The second kappa shape index (κ2) is 10.0. The number of nitrogens with two attached hydrogens (primary N) is 1. The lowest BCUT2D eigenvalue weighted by molar-refractivity contribution is 0.0956. The Morgan fingerprint density at radius 1 is 1.03 bits per heavy atom. The molecule has 0 saturated carbocycles. The molecular formula is C21H16Br3N3O2. The van der Waals surface area contributed by atoms with Gasteiger partial charge in [-0.25, -0.2) is 5.43 Å². The van der Waals surface area contributed by atoms with Gasteiger partial charge in [0.15, 0.2) is 0 Å². The van der Waals surface area contributed by atoms with Crippen LogP contribution < -0.4 is 15.9 Å². The van der Waals surface area contributed by atoms with Gasteiger partial charge in [-0.3, -0.25) is 4.79 Å². The fourth-order valence-electron chi connectivity index (χ4n) is 2.46. The molecule has 0 spiro atoms. The molecule has 29 heavy (non-hydrogen) atoms. The number of carbonyl (C=O) groups excluding carboxylic acids is 1. The quantitative estimate of drug-likeness (QED) is 0.216. The van der Waals surface area contributed by atoms with Crippen LogP contribution >= 0.6 is 47.8 Å². The predicted octanol–water partition coefficient (Wildman–Crippen LogP) is 5.90. The van der Waals surface area contributed by atoms with E-state index in [2.05, 4.69) is 58.3 Å². The SMILES string of the molecule is Nc1ccccc1C(=O)N/N=C/c1cc(Br)c(OCc2ccc(Br)cc2)c(Br)c1. The minimum absolute atomic E-state index is 0.369. The summed E-state index contributed by atoms with van der Waals surface area (Å²) < 4.78 is 8.48. The number of hydrogen-bond donors (Lipinski definition) is 2. The average Bonchev–Trinajstić information content (AvgIpc) is 2.69. The Morgan fingerprint density at radius 2 is 1.69 bits per heavy atom. The summed E-state index contributed by atoms with van der Waals surface area (Å²) in [6.07, 6.45) is 1.55. The monoisotopic (exact) mass is 579 g/mol. The first-order valence-electron chi connectivity index (χ1n) is 8.48. The van der Waals surface area contributed by atoms with Crippen molar-refractivity contribution in [3.05, 3.63) is 90.8 Å². The van der Waals surface area contributed by atoms with Crippen molar-refractivity contribution >= 4 is 65.6 Å². The Bertz CT molecular complexity index is 1030. The van der Waals surface area contributed by atoms with Crippen LogP contribution in [0.3, 0.4) is 0 Å². The number of nitrogens with zero attached hydrogens (tertiary/aromatic N) is 1. The number of ether oxygens (including phenoxy) is 1. The molecule has 3 N–H and O–H groups in total. The van der Waals surface area contributed by atoms with Crippen LogP contribution in [0.2, 0.25) is 0 Å². The molecule has 0 radical (unpaired) electrons. The van der Waals surface area contributed by atoms with Gasteiger partial charge in [-0.2, -0.15) is 5.10 Å². The van der Waals surface area contributed by atoms with E-state index in [1.54, 1.807) is 30.5 Å². The van der Waals surface area contributed by atoms with Gasteiger partial charge in [0.1, 0.15) is 12.4 Å². The molecule has 0 aliphatic heterocycles. The highest BCUT2D eigenvalue weighted by Gasteiger charge is 2.10. The minimum atomic E-state index is -0.369. The largest absolute Gasteiger partial charge is 0.487 e. The number of hydrogen-bond acceptors (Lipinski definition) is 4. The topological polar surface area (TPSA) is 76.7 Å². The smallest absolute Gasteiger partial charge is 0.273 e. The van der Waals surface area contributed by atoms with Gasteiger partial charge in [0.2, 0.25) is 0 Å². The Labute approximate surface area is 193 Å². The van der Waals surface area contributed by atoms with Crippen LogP contribution in [-0.2, 0) is 6.61 Å². The van der Waals surface area contributed by atoms with Gasteiger partial charge < -0.3 is 10.5 Å². The van der Waals surface area contributed by atoms with E-state index in [1.807, 2.05) is 36.4 Å². The third kappa shape index (κ3) is 5.91. The van der Waals surface area contributed by atoms with Gasteiger partial charge in [-0.05, 0) is 79.4 Å². The fraction of sp³-hybridized carbons (Fsp3) is 0.0476. The number of amides is 1. The van der Waals surface area contributed by atoms with E-state index in [4.69, 9.17) is 10.5 Å². The molecule has 3 aromatic rings. The standard InChI is InChI=1S/C21H16Br3N3O2/c22-15-7-5-13(6-8-15)12-29-20-17(23)9-14(10-18(20)24)11-26-27-21(28)16-3-1-2-4-19(16)25/h1-11H,12,25H2,(H,27,28)/b26-11+. The Morgan fingerprint density at radius 3 is 2.34 bits per heavy atom. The summed E-state index contributed by atoms with van der Waals surface area (Å²) in [5.41, 5.74) is 10.9. The van der Waals surface area contributed by atoms with E-state index in [-0.39, 0.29) is 5.91 Å². The highest BCUT2D eigenvalue weighted by molar-refractivity contribution is 9.11. The maximum absolute atomic E-state index is 12.1. The Kier molecular flexibility index (Phi) is 7.46. The maximum Gasteiger partial charge on any atom is 0.273 e. The number of halogens is 3. The summed E-state index contributed by atoms with van der Waals surface area (Å²) in [7, 11) is 0. The molecular weight excluding hydrogens is 566 g/mol. The molecule has 3 aromatic carbocycles. The second-order valence-electron chi connectivity index (χ2n) is 6.02. The zero-order valence-corrected chi connectivity index (χ0v) is 19.8. The van der Waals surface area contributed by atoms with Crippen molar-refractivity contribution in [1.82, 2.24) is 5.43 Å². The average molecular weight is 582 g/mol. The van der Waals surface area contributed by atoms with Crippen molar-refractivity contribution in [3.63, 3.8) is 0 Å². The molecule has 0 fully saturated rings. The molecule has 0 bridgehead atoms. The lowest BCUT2D eigenvalue weighted by atomic mass is 10.2. The number of para-hydroxylation sites is 1. The summed E-state index contributed by atoms with van der Waals surface area (Å²) in [6.45, 7) is 0.437. The van der Waals surface area contributed by atoms with Crippen LogP contribution in [0.4, 0.5) is 5.69 Å². The number of nitrogens with one attached hydrogen (secondary N) is 1. The summed E-state index contributed by atoms with van der Waals surface area (Å²) in [5, 5.41) is 4.01. The van der Waals surface area contributed by atoms with Crippen molar-refractivity contribution in [2.75, 3.05) is 5.73 Å². The maximum atomic E-state index is 12.1. The van der Waals surface area contributed by atoms with Crippen LogP contribution in [0.25, 0.3) is 0 Å². The first kappa shape index (κ1) is 21.5. The number of carbonyl (C=O) groups is 1. The number of nitrogen functional groups attached to an aromatic ring is 1. The molecule has 0 aliphatic rings. The van der Waals surface area contributed by atoms with Gasteiger partial charge in [-0.1, -0.05) is 40.2 Å². The van der Waals surface area contributed by atoms with Crippen LogP contribution in [0.1, 0.15) is 21.5 Å². The van der Waals surface area contributed by atoms with Gasteiger partial charge in [0.05, 0.1) is 20.7 Å². The first-order chi connectivity index (χ1) is 13.9. The van der Waals surface area contributed by atoms with Crippen molar-refractivity contribution in [2.45, 2.75) is 6.61 Å². The van der Waals surface area contributed by atoms with E-state index in [9.17, 15) is 4.79 Å². The van der Waals surface area contributed by atoms with E-state index >= 15 is 0 Å². The minimum Gasteiger partial charge on any atom is -0.487 e. The summed E-state index contributed by atoms with van der Waals surface area (Å²) in [5.74, 6) is 0.318. The summed E-state index contributed by atoms with van der Waals surface area (Å²) >= 11 is 10.5. The number of rotatable bonds is 6. The number of benzene rings is 3. The van der Waals surface area contributed by atoms with Crippen LogP contribution in [0.5, 0.6) is 5.75 Å². The van der Waals surface area contributed by atoms with Gasteiger partial charge in [-0.15, -0.1) is 0 Å². The second-order valence-corrected chi connectivity index (χ2v) is 8.64. The van der Waals surface area contributed by atoms with Crippen molar-refractivity contribution in [2.24, 2.45) is 5.10 Å². The highest BCUT2D eigenvalue weighted by Crippen LogP contribution is 2.35. The molecule has 1 amide bonds. The van der Waals surface area contributed by atoms with E-state index < -0.39 is 0 Å². The Balaban J connectivity index is 1.65. The number of hydrazone groups is 1. The van der Waals surface area contributed by atoms with Crippen LogP contribution in [0.15, 0.2) is 79.2 Å². The molecule has 0 heterocycles. The normalized spacial score (nSPS) is 10.9. The third-order valence-corrected chi connectivity index (χ3v) is 5.61. The molecule has 0 aromatic heterocycles. The lowest BCUT2D eigenvalue weighted by Crippen LogP contribution is -2.19. The first-order valence-corrected chi connectivity index (χ1v) is 10.9. The number of anilines is 1. The molecule has 8 heteroatoms. The molecule has 0 saturated heterocycles. The molecule has 148 valence electrons. The highest BCUT2D eigenvalue weighted by atomic mass is 79.9. The predicted molar refractivity (Wildman–Crippen MR) is 126 cm³/mol. The zero-order valence-electron chi connectivity index (χ0n) is 15.0. The summed E-state index contributed by atoms with van der Waals surface area (Å²) in [4.78, 5) is 12.1. The van der Waals surface area contributed by atoms with Gasteiger partial charge >= 0.3 is 0 Å². The Hall–Kier alpha value is -2.16. The zero-order chi connectivity index (χ0) is 20.8. The van der Waals surface area contributed by atoms with Gasteiger partial charge in [0.25, 0.3) is 5.91 Å². The lowest BCUT2D eigenvalue weighted by Gasteiger charge is -2.11. The van der Waals surface area contributed by atoms with Gasteiger partial charge in [0, 0.05) is 10.2 Å².